The highest BCUT2D eigenvalue weighted by Gasteiger charge is 2.15. The van der Waals surface area contributed by atoms with Gasteiger partial charge in [0.1, 0.15) is 17.5 Å². The van der Waals surface area contributed by atoms with Crippen LogP contribution in [0.15, 0.2) is 5.16 Å². The second-order valence-electron chi connectivity index (χ2n) is 4.58. The number of nitrogens with zero attached hydrogens (tertiary/aromatic N) is 6. The third-order valence-electron chi connectivity index (χ3n) is 2.95. The maximum Gasteiger partial charge on any atom is 0.191 e. The number of hydrogen-bond donors (Lipinski definition) is 1. The van der Waals surface area contributed by atoms with Crippen LogP contribution in [0.3, 0.4) is 0 Å². The van der Waals surface area contributed by atoms with Crippen LogP contribution in [0.4, 0.5) is 0 Å². The predicted molar refractivity (Wildman–Crippen MR) is 73.6 cm³/mol. The Morgan fingerprint density at radius 3 is 2.37 bits per heavy atom. The average Bonchev–Trinajstić information content (AvgIpc) is 2.93. The summed E-state index contributed by atoms with van der Waals surface area (Å²) in [5.74, 6) is 3.36. The number of rotatable bonds is 5. The van der Waals surface area contributed by atoms with E-state index >= 15 is 0 Å². The Morgan fingerprint density at radius 1 is 1.16 bits per heavy atom. The lowest BCUT2D eigenvalue weighted by Gasteiger charge is -2.12. The van der Waals surface area contributed by atoms with Crippen LogP contribution in [0.1, 0.15) is 37.4 Å². The number of aromatic nitrogens is 6. The molecule has 0 amide bonds. The van der Waals surface area contributed by atoms with Crippen molar-refractivity contribution in [2.45, 2.75) is 44.3 Å². The summed E-state index contributed by atoms with van der Waals surface area (Å²) in [4.78, 5) is 0. The minimum atomic E-state index is 0.289. The van der Waals surface area contributed by atoms with Gasteiger partial charge in [0.05, 0.1) is 12.3 Å². The van der Waals surface area contributed by atoms with Crippen LogP contribution in [0.5, 0.6) is 0 Å². The van der Waals surface area contributed by atoms with E-state index in [4.69, 9.17) is 5.73 Å². The lowest BCUT2D eigenvalue weighted by molar-refractivity contribution is 0.526. The van der Waals surface area contributed by atoms with Gasteiger partial charge in [0.2, 0.25) is 0 Å². The topological polar surface area (TPSA) is 87.4 Å². The normalized spacial score (nSPS) is 11.5. The summed E-state index contributed by atoms with van der Waals surface area (Å²) in [6.45, 7) is 6.53. The highest BCUT2D eigenvalue weighted by atomic mass is 32.2. The van der Waals surface area contributed by atoms with Crippen molar-refractivity contribution in [1.29, 1.82) is 0 Å². The van der Waals surface area contributed by atoms with Crippen LogP contribution in [0, 0.1) is 6.92 Å². The molecule has 0 bridgehead atoms. The molecule has 2 N–H and O–H groups in total. The van der Waals surface area contributed by atoms with E-state index in [2.05, 4.69) is 38.8 Å². The standard InChI is InChI=1S/C11H19N7S/c1-7(2)18-9(5-12)14-16-11(18)19-6-10-15-13-8(3)17(10)4/h7H,5-6,12H2,1-4H3. The van der Waals surface area contributed by atoms with Gasteiger partial charge < -0.3 is 14.9 Å². The highest BCUT2D eigenvalue weighted by molar-refractivity contribution is 7.98. The first-order valence-electron chi connectivity index (χ1n) is 6.16. The first kappa shape index (κ1) is 14.0. The summed E-state index contributed by atoms with van der Waals surface area (Å²) < 4.78 is 4.04. The van der Waals surface area contributed by atoms with Gasteiger partial charge >= 0.3 is 0 Å². The first-order valence-corrected chi connectivity index (χ1v) is 7.14. The van der Waals surface area contributed by atoms with Gasteiger partial charge in [0, 0.05) is 13.1 Å². The van der Waals surface area contributed by atoms with Crippen LogP contribution in [-0.4, -0.2) is 29.5 Å². The summed E-state index contributed by atoms with van der Waals surface area (Å²) in [5.41, 5.74) is 5.68. The molecule has 0 saturated heterocycles. The zero-order chi connectivity index (χ0) is 14.0. The number of hydrogen-bond acceptors (Lipinski definition) is 6. The molecule has 0 aromatic carbocycles. The summed E-state index contributed by atoms with van der Waals surface area (Å²) in [5, 5.41) is 17.4. The largest absolute Gasteiger partial charge is 0.324 e. The zero-order valence-electron chi connectivity index (χ0n) is 11.7. The van der Waals surface area contributed by atoms with E-state index in [0.717, 1.165) is 22.6 Å². The van der Waals surface area contributed by atoms with Crippen molar-refractivity contribution in [1.82, 2.24) is 29.5 Å². The van der Waals surface area contributed by atoms with Gasteiger partial charge in [-0.2, -0.15) is 0 Å². The van der Waals surface area contributed by atoms with E-state index in [1.54, 1.807) is 11.8 Å². The van der Waals surface area contributed by atoms with Crippen molar-refractivity contribution >= 4 is 11.8 Å². The number of nitrogens with two attached hydrogens (primary N) is 1. The second-order valence-corrected chi connectivity index (χ2v) is 5.52. The van der Waals surface area contributed by atoms with Gasteiger partial charge in [-0.3, -0.25) is 0 Å². The molecule has 2 aromatic heterocycles. The second kappa shape index (κ2) is 5.70. The van der Waals surface area contributed by atoms with Gasteiger partial charge in [-0.05, 0) is 20.8 Å². The van der Waals surface area contributed by atoms with Crippen LogP contribution in [-0.2, 0) is 19.3 Å². The first-order chi connectivity index (χ1) is 9.04. The monoisotopic (exact) mass is 281 g/mol. The van der Waals surface area contributed by atoms with Crippen molar-refractivity contribution < 1.29 is 0 Å². The molecule has 8 heteroatoms. The molecule has 0 unspecified atom stereocenters. The molecule has 0 radical (unpaired) electrons. The van der Waals surface area contributed by atoms with E-state index in [9.17, 15) is 0 Å². The van der Waals surface area contributed by atoms with Crippen molar-refractivity contribution in [3.63, 3.8) is 0 Å². The molecule has 7 nitrogen and oxygen atoms in total. The molecule has 0 atom stereocenters. The summed E-state index contributed by atoms with van der Waals surface area (Å²) in [7, 11) is 1.96. The maximum atomic E-state index is 5.68. The minimum absolute atomic E-state index is 0.289. The van der Waals surface area contributed by atoms with E-state index in [1.807, 2.05) is 18.5 Å². The molecule has 19 heavy (non-hydrogen) atoms. The van der Waals surface area contributed by atoms with Crippen molar-refractivity contribution in [3.05, 3.63) is 17.5 Å². The van der Waals surface area contributed by atoms with Crippen LogP contribution >= 0.6 is 11.8 Å². The Balaban J connectivity index is 2.16. The van der Waals surface area contributed by atoms with Gasteiger partial charge in [0.25, 0.3) is 0 Å². The van der Waals surface area contributed by atoms with Crippen molar-refractivity contribution in [2.24, 2.45) is 12.8 Å². The molecule has 0 spiro atoms. The number of aryl methyl sites for hydroxylation is 1. The van der Waals surface area contributed by atoms with Gasteiger partial charge in [0.15, 0.2) is 5.16 Å². The Kier molecular flexibility index (Phi) is 4.20. The summed E-state index contributed by atoms with van der Waals surface area (Å²) in [6, 6.07) is 0.289. The van der Waals surface area contributed by atoms with Gasteiger partial charge in [-0.1, -0.05) is 11.8 Å². The molecule has 0 aliphatic rings. The third-order valence-corrected chi connectivity index (χ3v) is 3.89. The van der Waals surface area contributed by atoms with Crippen LogP contribution in [0.25, 0.3) is 0 Å². The average molecular weight is 281 g/mol. The van der Waals surface area contributed by atoms with Gasteiger partial charge in [-0.25, -0.2) is 0 Å². The molecule has 2 heterocycles. The van der Waals surface area contributed by atoms with E-state index in [0.29, 0.717) is 12.3 Å². The maximum absolute atomic E-state index is 5.68. The molecule has 0 saturated carbocycles. The molecule has 0 aliphatic carbocycles. The quantitative estimate of drug-likeness (QED) is 0.824. The molecule has 0 fully saturated rings. The Morgan fingerprint density at radius 2 is 1.84 bits per heavy atom. The Hall–Kier alpha value is -1.41. The zero-order valence-corrected chi connectivity index (χ0v) is 12.5. The minimum Gasteiger partial charge on any atom is -0.324 e. The SMILES string of the molecule is Cc1nnc(CSc2nnc(CN)n2C(C)C)n1C. The Bertz CT molecular complexity index is 557. The fourth-order valence-corrected chi connectivity index (χ4v) is 2.83. The fraction of sp³-hybridized carbons (Fsp3) is 0.636. The summed E-state index contributed by atoms with van der Waals surface area (Å²) in [6.07, 6.45) is 0. The molecular weight excluding hydrogens is 262 g/mol. The van der Waals surface area contributed by atoms with Crippen molar-refractivity contribution in [2.75, 3.05) is 0 Å². The van der Waals surface area contributed by atoms with Crippen molar-refractivity contribution in [3.8, 4) is 0 Å². The van der Waals surface area contributed by atoms with Crippen LogP contribution in [0.2, 0.25) is 0 Å². The molecule has 2 rings (SSSR count). The molecular formula is C11H19N7S. The molecule has 2 aromatic rings. The highest BCUT2D eigenvalue weighted by Crippen LogP contribution is 2.24. The number of thioether (sulfide) groups is 1. The smallest absolute Gasteiger partial charge is 0.191 e. The van der Waals surface area contributed by atoms with E-state index in [-0.39, 0.29) is 6.04 Å². The van der Waals surface area contributed by atoms with E-state index < -0.39 is 0 Å². The molecule has 0 aliphatic heterocycles. The molecule has 104 valence electrons. The predicted octanol–water partition coefficient (Wildman–Crippen LogP) is 1.05. The third kappa shape index (κ3) is 2.79. The lowest BCUT2D eigenvalue weighted by Crippen LogP contribution is -2.11. The lowest BCUT2D eigenvalue weighted by atomic mass is 10.4. The fourth-order valence-electron chi connectivity index (χ4n) is 1.77. The Labute approximate surface area is 116 Å². The van der Waals surface area contributed by atoms with E-state index in [1.165, 1.54) is 0 Å². The summed E-state index contributed by atoms with van der Waals surface area (Å²) >= 11 is 1.60. The van der Waals surface area contributed by atoms with Gasteiger partial charge in [-0.15, -0.1) is 20.4 Å². The van der Waals surface area contributed by atoms with Crippen LogP contribution < -0.4 is 5.73 Å².